The lowest BCUT2D eigenvalue weighted by atomic mass is 10.0. The molecule has 1 unspecified atom stereocenters. The zero-order valence-electron chi connectivity index (χ0n) is 7.19. The molecular weight excluding hydrogens is 186 g/mol. The van der Waals surface area contributed by atoms with Gasteiger partial charge in [0, 0.05) is 17.9 Å². The largest absolute Gasteiger partial charge is 0.330 e. The van der Waals surface area contributed by atoms with E-state index in [2.05, 4.69) is 0 Å². The number of Topliss-reactive ketones (excluding diaryl/α,β-unsaturated/α-hetero) is 1. The molecule has 0 aromatic heterocycles. The maximum atomic E-state index is 11.4. The van der Waals surface area contributed by atoms with E-state index in [9.17, 15) is 4.79 Å². The zero-order chi connectivity index (χ0) is 8.55. The van der Waals surface area contributed by atoms with Crippen molar-refractivity contribution >= 4 is 18.2 Å². The van der Waals surface area contributed by atoms with Gasteiger partial charge in [-0.05, 0) is 12.1 Å². The Morgan fingerprint density at radius 1 is 1.38 bits per heavy atom. The van der Waals surface area contributed by atoms with Gasteiger partial charge in [0.1, 0.15) is 0 Å². The van der Waals surface area contributed by atoms with Crippen LogP contribution in [0.5, 0.6) is 0 Å². The SMILES string of the molecule is Cl.NCC1CC(=O)c2ccccc21. The highest BCUT2D eigenvalue weighted by atomic mass is 35.5. The lowest BCUT2D eigenvalue weighted by Gasteiger charge is -2.04. The molecule has 0 heterocycles. The quantitative estimate of drug-likeness (QED) is 0.745. The van der Waals surface area contributed by atoms with E-state index in [1.54, 1.807) is 0 Å². The van der Waals surface area contributed by atoms with Crippen molar-refractivity contribution < 1.29 is 4.79 Å². The fraction of sp³-hybridized carbons (Fsp3) is 0.300. The van der Waals surface area contributed by atoms with Gasteiger partial charge in [-0.15, -0.1) is 12.4 Å². The summed E-state index contributed by atoms with van der Waals surface area (Å²) in [6, 6.07) is 7.74. The van der Waals surface area contributed by atoms with Gasteiger partial charge in [0.25, 0.3) is 0 Å². The second-order valence-electron chi connectivity index (χ2n) is 3.15. The van der Waals surface area contributed by atoms with E-state index in [1.807, 2.05) is 24.3 Å². The van der Waals surface area contributed by atoms with Crippen molar-refractivity contribution in [1.29, 1.82) is 0 Å². The van der Waals surface area contributed by atoms with Gasteiger partial charge >= 0.3 is 0 Å². The molecule has 2 rings (SSSR count). The minimum Gasteiger partial charge on any atom is -0.330 e. The van der Waals surface area contributed by atoms with Crippen LogP contribution in [0.1, 0.15) is 28.3 Å². The number of carbonyl (C=O) groups is 1. The van der Waals surface area contributed by atoms with Crippen LogP contribution in [0.2, 0.25) is 0 Å². The highest BCUT2D eigenvalue weighted by Crippen LogP contribution is 2.31. The number of fused-ring (bicyclic) bond motifs is 1. The fourth-order valence-corrected chi connectivity index (χ4v) is 1.76. The van der Waals surface area contributed by atoms with Crippen LogP contribution in [0.15, 0.2) is 24.3 Å². The van der Waals surface area contributed by atoms with Crippen molar-refractivity contribution in [2.75, 3.05) is 6.54 Å². The first-order valence-electron chi connectivity index (χ1n) is 4.15. The summed E-state index contributed by atoms with van der Waals surface area (Å²) in [5.74, 6) is 0.495. The van der Waals surface area contributed by atoms with E-state index in [4.69, 9.17) is 5.73 Å². The number of hydrogen-bond acceptors (Lipinski definition) is 2. The van der Waals surface area contributed by atoms with Crippen molar-refractivity contribution in [2.45, 2.75) is 12.3 Å². The lowest BCUT2D eigenvalue weighted by Crippen LogP contribution is -2.09. The molecular formula is C10H12ClNO. The summed E-state index contributed by atoms with van der Waals surface area (Å²) in [6.45, 7) is 0.572. The average Bonchev–Trinajstić information content (AvgIpc) is 2.44. The average molecular weight is 198 g/mol. The van der Waals surface area contributed by atoms with Crippen molar-refractivity contribution in [3.05, 3.63) is 35.4 Å². The summed E-state index contributed by atoms with van der Waals surface area (Å²) in [5, 5.41) is 0. The van der Waals surface area contributed by atoms with Crippen molar-refractivity contribution in [3.8, 4) is 0 Å². The number of nitrogens with two attached hydrogens (primary N) is 1. The molecule has 0 aliphatic heterocycles. The fourth-order valence-electron chi connectivity index (χ4n) is 1.76. The van der Waals surface area contributed by atoms with E-state index in [0.29, 0.717) is 13.0 Å². The number of halogens is 1. The Labute approximate surface area is 83.5 Å². The Kier molecular flexibility index (Phi) is 3.07. The monoisotopic (exact) mass is 197 g/mol. The number of benzene rings is 1. The normalized spacial score (nSPS) is 19.5. The molecule has 0 amide bonds. The summed E-state index contributed by atoms with van der Waals surface area (Å²) in [5.41, 5.74) is 7.56. The Hall–Kier alpha value is -0.860. The molecule has 0 fully saturated rings. The third-order valence-corrected chi connectivity index (χ3v) is 2.42. The van der Waals surface area contributed by atoms with Crippen LogP contribution < -0.4 is 5.73 Å². The molecule has 1 aliphatic carbocycles. The number of hydrogen-bond donors (Lipinski definition) is 1. The highest BCUT2D eigenvalue weighted by molar-refractivity contribution is 6.01. The first-order valence-corrected chi connectivity index (χ1v) is 4.15. The minimum absolute atomic E-state index is 0. The predicted molar refractivity (Wildman–Crippen MR) is 54.4 cm³/mol. The van der Waals surface area contributed by atoms with Gasteiger partial charge in [-0.1, -0.05) is 24.3 Å². The molecule has 0 spiro atoms. The van der Waals surface area contributed by atoms with Crippen LogP contribution in [0.4, 0.5) is 0 Å². The third kappa shape index (κ3) is 1.60. The van der Waals surface area contributed by atoms with Gasteiger partial charge in [-0.2, -0.15) is 0 Å². The maximum Gasteiger partial charge on any atom is 0.163 e. The molecule has 0 saturated carbocycles. The molecule has 70 valence electrons. The zero-order valence-corrected chi connectivity index (χ0v) is 8.01. The molecule has 3 heteroatoms. The molecule has 1 aromatic carbocycles. The smallest absolute Gasteiger partial charge is 0.163 e. The van der Waals surface area contributed by atoms with Gasteiger partial charge in [0.15, 0.2) is 5.78 Å². The summed E-state index contributed by atoms with van der Waals surface area (Å²) in [7, 11) is 0. The van der Waals surface area contributed by atoms with E-state index in [1.165, 1.54) is 0 Å². The topological polar surface area (TPSA) is 43.1 Å². The van der Waals surface area contributed by atoms with Crippen molar-refractivity contribution in [3.63, 3.8) is 0 Å². The maximum absolute atomic E-state index is 11.4. The molecule has 1 aliphatic rings. The highest BCUT2D eigenvalue weighted by Gasteiger charge is 2.27. The Morgan fingerprint density at radius 3 is 2.77 bits per heavy atom. The molecule has 0 bridgehead atoms. The Bertz CT molecular complexity index is 324. The van der Waals surface area contributed by atoms with Crippen molar-refractivity contribution in [2.24, 2.45) is 5.73 Å². The van der Waals surface area contributed by atoms with Gasteiger partial charge in [0.05, 0.1) is 0 Å². The molecule has 0 saturated heterocycles. The van der Waals surface area contributed by atoms with Crippen LogP contribution in [-0.4, -0.2) is 12.3 Å². The number of carbonyl (C=O) groups excluding carboxylic acids is 1. The van der Waals surface area contributed by atoms with Gasteiger partial charge in [0.2, 0.25) is 0 Å². The standard InChI is InChI=1S/C10H11NO.ClH/c11-6-7-5-10(12)9-4-2-1-3-8(7)9;/h1-4,7H,5-6,11H2;1H. The molecule has 13 heavy (non-hydrogen) atoms. The summed E-state index contributed by atoms with van der Waals surface area (Å²) >= 11 is 0. The first kappa shape index (κ1) is 10.2. The van der Waals surface area contributed by atoms with E-state index in [0.717, 1.165) is 11.1 Å². The van der Waals surface area contributed by atoms with E-state index < -0.39 is 0 Å². The lowest BCUT2D eigenvalue weighted by molar-refractivity contribution is 0.0989. The summed E-state index contributed by atoms with van der Waals surface area (Å²) in [6.07, 6.45) is 0.593. The Balaban J connectivity index is 0.000000845. The van der Waals surface area contributed by atoms with Crippen molar-refractivity contribution in [1.82, 2.24) is 0 Å². The van der Waals surface area contributed by atoms with Crippen LogP contribution in [0.25, 0.3) is 0 Å². The van der Waals surface area contributed by atoms with Crippen LogP contribution >= 0.6 is 12.4 Å². The molecule has 2 N–H and O–H groups in total. The summed E-state index contributed by atoms with van der Waals surface area (Å²) in [4.78, 5) is 11.4. The van der Waals surface area contributed by atoms with Crippen LogP contribution in [0, 0.1) is 0 Å². The molecule has 1 aromatic rings. The number of ketones is 1. The Morgan fingerprint density at radius 2 is 2.08 bits per heavy atom. The van der Waals surface area contributed by atoms with Gasteiger partial charge in [-0.3, -0.25) is 4.79 Å². The summed E-state index contributed by atoms with van der Waals surface area (Å²) < 4.78 is 0. The molecule has 0 radical (unpaired) electrons. The molecule has 2 nitrogen and oxygen atoms in total. The van der Waals surface area contributed by atoms with Gasteiger partial charge in [-0.25, -0.2) is 0 Å². The first-order chi connectivity index (χ1) is 5.83. The third-order valence-electron chi connectivity index (χ3n) is 2.42. The second-order valence-corrected chi connectivity index (χ2v) is 3.15. The van der Waals surface area contributed by atoms with Crippen LogP contribution in [-0.2, 0) is 0 Å². The second kappa shape index (κ2) is 3.90. The predicted octanol–water partition coefficient (Wildman–Crippen LogP) is 1.74. The van der Waals surface area contributed by atoms with E-state index >= 15 is 0 Å². The minimum atomic E-state index is 0. The van der Waals surface area contributed by atoms with Gasteiger partial charge < -0.3 is 5.73 Å². The molecule has 1 atom stereocenters. The number of rotatable bonds is 1. The van der Waals surface area contributed by atoms with Crippen LogP contribution in [0.3, 0.4) is 0 Å². The van der Waals surface area contributed by atoms with E-state index in [-0.39, 0.29) is 24.1 Å².